The first-order valence-electron chi connectivity index (χ1n) is 6.11. The van der Waals surface area contributed by atoms with E-state index >= 15 is 0 Å². The molecule has 98 valence electrons. The molecule has 0 aliphatic rings. The second-order valence-electron chi connectivity index (χ2n) is 4.01. The maximum absolute atomic E-state index is 9.14. The minimum Gasteiger partial charge on any atom is -0.383 e. The molecule has 0 aromatic carbocycles. The summed E-state index contributed by atoms with van der Waals surface area (Å²) in [5.41, 5.74) is 1.51. The SMILES string of the molecule is CCCNc1cc(C)c(C#N)c(NCCOC)n1. The molecule has 0 atom stereocenters. The molecule has 0 saturated carbocycles. The average Bonchev–Trinajstić information content (AvgIpc) is 2.36. The van der Waals surface area contributed by atoms with Crippen molar-refractivity contribution < 1.29 is 4.74 Å². The van der Waals surface area contributed by atoms with Crippen LogP contribution in [0.15, 0.2) is 6.07 Å². The highest BCUT2D eigenvalue weighted by molar-refractivity contribution is 5.60. The Morgan fingerprint density at radius 3 is 2.78 bits per heavy atom. The number of methoxy groups -OCH3 is 1. The van der Waals surface area contributed by atoms with Gasteiger partial charge in [0.15, 0.2) is 0 Å². The molecule has 0 spiro atoms. The van der Waals surface area contributed by atoms with Gasteiger partial charge in [0.2, 0.25) is 0 Å². The maximum atomic E-state index is 9.14. The first kappa shape index (κ1) is 14.3. The fraction of sp³-hybridized carbons (Fsp3) is 0.538. The van der Waals surface area contributed by atoms with Gasteiger partial charge in [0.05, 0.1) is 12.2 Å². The summed E-state index contributed by atoms with van der Waals surface area (Å²) in [5.74, 6) is 1.42. The number of hydrogen-bond donors (Lipinski definition) is 2. The van der Waals surface area contributed by atoms with Gasteiger partial charge < -0.3 is 15.4 Å². The summed E-state index contributed by atoms with van der Waals surface area (Å²) in [6, 6.07) is 4.08. The molecule has 1 aromatic rings. The number of aryl methyl sites for hydroxylation is 1. The molecular weight excluding hydrogens is 228 g/mol. The highest BCUT2D eigenvalue weighted by Crippen LogP contribution is 2.20. The molecule has 5 nitrogen and oxygen atoms in total. The minimum atomic E-state index is 0.582. The zero-order valence-electron chi connectivity index (χ0n) is 11.2. The molecule has 0 saturated heterocycles. The van der Waals surface area contributed by atoms with Gasteiger partial charge in [-0.3, -0.25) is 0 Å². The van der Waals surface area contributed by atoms with Crippen molar-refractivity contribution in [3.8, 4) is 6.07 Å². The average molecular weight is 248 g/mol. The van der Waals surface area contributed by atoms with Crippen LogP contribution >= 0.6 is 0 Å². The molecule has 18 heavy (non-hydrogen) atoms. The number of rotatable bonds is 7. The van der Waals surface area contributed by atoms with E-state index in [2.05, 4.69) is 28.6 Å². The first-order valence-corrected chi connectivity index (χ1v) is 6.11. The Kier molecular flexibility index (Phi) is 5.95. The lowest BCUT2D eigenvalue weighted by Gasteiger charge is -2.12. The fourth-order valence-corrected chi connectivity index (χ4v) is 1.56. The van der Waals surface area contributed by atoms with Crippen LogP contribution in [0.1, 0.15) is 24.5 Å². The Balaban J connectivity index is 2.89. The van der Waals surface area contributed by atoms with Crippen LogP contribution in [-0.2, 0) is 4.74 Å². The number of hydrogen-bond acceptors (Lipinski definition) is 5. The van der Waals surface area contributed by atoms with Crippen LogP contribution in [-0.4, -0.2) is 31.8 Å². The van der Waals surface area contributed by atoms with E-state index in [-0.39, 0.29) is 0 Å². The molecule has 0 aliphatic heterocycles. The summed E-state index contributed by atoms with van der Waals surface area (Å²) < 4.78 is 4.97. The summed E-state index contributed by atoms with van der Waals surface area (Å²) >= 11 is 0. The Morgan fingerprint density at radius 2 is 2.17 bits per heavy atom. The van der Waals surface area contributed by atoms with E-state index in [1.807, 2.05) is 13.0 Å². The second-order valence-corrected chi connectivity index (χ2v) is 4.01. The fourth-order valence-electron chi connectivity index (χ4n) is 1.56. The number of ether oxygens (including phenoxy) is 1. The van der Waals surface area contributed by atoms with E-state index in [0.717, 1.165) is 24.3 Å². The van der Waals surface area contributed by atoms with Crippen molar-refractivity contribution in [1.82, 2.24) is 4.98 Å². The van der Waals surface area contributed by atoms with Crippen molar-refractivity contribution >= 4 is 11.6 Å². The Hall–Kier alpha value is -1.80. The number of pyridine rings is 1. The van der Waals surface area contributed by atoms with Gasteiger partial charge in [0.25, 0.3) is 0 Å². The van der Waals surface area contributed by atoms with Crippen molar-refractivity contribution in [3.05, 3.63) is 17.2 Å². The smallest absolute Gasteiger partial charge is 0.146 e. The summed E-state index contributed by atoms with van der Waals surface area (Å²) in [4.78, 5) is 4.41. The molecule has 0 bridgehead atoms. The first-order chi connectivity index (χ1) is 8.72. The van der Waals surface area contributed by atoms with Crippen molar-refractivity contribution in [2.75, 3.05) is 37.4 Å². The number of anilines is 2. The minimum absolute atomic E-state index is 0.582. The predicted molar refractivity (Wildman–Crippen MR) is 72.8 cm³/mol. The summed E-state index contributed by atoms with van der Waals surface area (Å²) in [6.07, 6.45) is 1.03. The van der Waals surface area contributed by atoms with E-state index in [9.17, 15) is 0 Å². The van der Waals surface area contributed by atoms with Crippen LogP contribution in [0.4, 0.5) is 11.6 Å². The van der Waals surface area contributed by atoms with E-state index in [1.54, 1.807) is 7.11 Å². The van der Waals surface area contributed by atoms with Crippen LogP contribution in [0, 0.1) is 18.3 Å². The van der Waals surface area contributed by atoms with Gasteiger partial charge >= 0.3 is 0 Å². The normalized spacial score (nSPS) is 9.89. The number of nitrogens with one attached hydrogen (secondary N) is 2. The largest absolute Gasteiger partial charge is 0.383 e. The molecule has 0 amide bonds. The van der Waals surface area contributed by atoms with Crippen LogP contribution in [0.2, 0.25) is 0 Å². The zero-order chi connectivity index (χ0) is 13.4. The lowest BCUT2D eigenvalue weighted by Crippen LogP contribution is -2.12. The topological polar surface area (TPSA) is 70.0 Å². The van der Waals surface area contributed by atoms with Gasteiger partial charge in [0, 0.05) is 20.2 Å². The quantitative estimate of drug-likeness (QED) is 0.723. The number of nitriles is 1. The van der Waals surface area contributed by atoms with Gasteiger partial charge in [-0.1, -0.05) is 6.92 Å². The molecular formula is C13H20N4O. The molecule has 1 aromatic heterocycles. The van der Waals surface area contributed by atoms with Gasteiger partial charge in [-0.25, -0.2) is 4.98 Å². The van der Waals surface area contributed by atoms with Crippen LogP contribution < -0.4 is 10.6 Å². The highest BCUT2D eigenvalue weighted by atomic mass is 16.5. The molecule has 5 heteroatoms. The van der Waals surface area contributed by atoms with Gasteiger partial charge in [-0.2, -0.15) is 5.26 Å². The maximum Gasteiger partial charge on any atom is 0.146 e. The molecule has 0 fully saturated rings. The molecule has 2 N–H and O–H groups in total. The van der Waals surface area contributed by atoms with Crippen LogP contribution in [0.5, 0.6) is 0 Å². The highest BCUT2D eigenvalue weighted by Gasteiger charge is 2.09. The van der Waals surface area contributed by atoms with Crippen LogP contribution in [0.3, 0.4) is 0 Å². The monoisotopic (exact) mass is 248 g/mol. The van der Waals surface area contributed by atoms with Crippen molar-refractivity contribution in [2.24, 2.45) is 0 Å². The third-order valence-corrected chi connectivity index (χ3v) is 2.48. The Labute approximate surface area is 108 Å². The van der Waals surface area contributed by atoms with Crippen molar-refractivity contribution in [1.29, 1.82) is 5.26 Å². The van der Waals surface area contributed by atoms with Crippen LogP contribution in [0.25, 0.3) is 0 Å². The number of aromatic nitrogens is 1. The summed E-state index contributed by atoms with van der Waals surface area (Å²) in [7, 11) is 1.64. The lowest BCUT2D eigenvalue weighted by molar-refractivity contribution is 0.210. The number of nitrogens with zero attached hydrogens (tertiary/aromatic N) is 2. The van der Waals surface area contributed by atoms with E-state index in [0.29, 0.717) is 24.5 Å². The van der Waals surface area contributed by atoms with Gasteiger partial charge in [-0.05, 0) is 25.0 Å². The Morgan fingerprint density at radius 1 is 1.39 bits per heavy atom. The standard InChI is InChI=1S/C13H20N4O/c1-4-5-15-12-8-10(2)11(9-14)13(17-12)16-6-7-18-3/h8H,4-7H2,1-3H3,(H2,15,16,17). The lowest BCUT2D eigenvalue weighted by atomic mass is 10.1. The van der Waals surface area contributed by atoms with Gasteiger partial charge in [0.1, 0.15) is 17.7 Å². The predicted octanol–water partition coefficient (Wildman–Crippen LogP) is 2.14. The van der Waals surface area contributed by atoms with E-state index < -0.39 is 0 Å². The van der Waals surface area contributed by atoms with Gasteiger partial charge in [-0.15, -0.1) is 0 Å². The summed E-state index contributed by atoms with van der Waals surface area (Å²) in [6.45, 7) is 6.10. The molecule has 0 radical (unpaired) electrons. The molecule has 1 heterocycles. The molecule has 0 aliphatic carbocycles. The third-order valence-electron chi connectivity index (χ3n) is 2.48. The van der Waals surface area contributed by atoms with Crippen molar-refractivity contribution in [2.45, 2.75) is 20.3 Å². The molecule has 0 unspecified atom stereocenters. The third kappa shape index (κ3) is 3.90. The summed E-state index contributed by atoms with van der Waals surface area (Å²) in [5, 5.41) is 15.5. The zero-order valence-corrected chi connectivity index (χ0v) is 11.2. The van der Waals surface area contributed by atoms with E-state index in [1.165, 1.54) is 0 Å². The Bertz CT molecular complexity index is 426. The van der Waals surface area contributed by atoms with Crippen molar-refractivity contribution in [3.63, 3.8) is 0 Å². The van der Waals surface area contributed by atoms with E-state index in [4.69, 9.17) is 10.00 Å². The second kappa shape index (κ2) is 7.51. The molecule has 1 rings (SSSR count).